The van der Waals surface area contributed by atoms with E-state index in [1.807, 2.05) is 0 Å². The Hall–Kier alpha value is -1.61. The Balaban J connectivity index is 1.91. The number of rotatable bonds is 6. The lowest BCUT2D eigenvalue weighted by Gasteiger charge is -2.07. The fourth-order valence-corrected chi connectivity index (χ4v) is 2.14. The second-order valence-electron chi connectivity index (χ2n) is 4.89. The topological polar surface area (TPSA) is 29.9 Å². The molecule has 0 radical (unpaired) electrons. The third kappa shape index (κ3) is 3.67. The Labute approximate surface area is 115 Å². The van der Waals surface area contributed by atoms with Crippen LogP contribution in [0.3, 0.4) is 0 Å². The molecule has 2 aromatic rings. The highest BCUT2D eigenvalue weighted by atomic mass is 15.3. The predicted octanol–water partition coefficient (Wildman–Crippen LogP) is 3.06. The van der Waals surface area contributed by atoms with E-state index >= 15 is 0 Å². The van der Waals surface area contributed by atoms with Crippen molar-refractivity contribution in [3.63, 3.8) is 0 Å². The molecule has 19 heavy (non-hydrogen) atoms. The van der Waals surface area contributed by atoms with E-state index in [0.717, 1.165) is 26.1 Å². The van der Waals surface area contributed by atoms with Crippen LogP contribution in [0.15, 0.2) is 30.3 Å². The molecule has 0 saturated carbocycles. The van der Waals surface area contributed by atoms with Gasteiger partial charge in [0.25, 0.3) is 0 Å². The second kappa shape index (κ2) is 6.53. The summed E-state index contributed by atoms with van der Waals surface area (Å²) in [5, 5.41) is 8.05. The van der Waals surface area contributed by atoms with Crippen LogP contribution in [-0.2, 0) is 26.1 Å². The monoisotopic (exact) mass is 257 g/mol. The molecule has 3 nitrogen and oxygen atoms in total. The van der Waals surface area contributed by atoms with Gasteiger partial charge >= 0.3 is 0 Å². The zero-order valence-electron chi connectivity index (χ0n) is 12.1. The van der Waals surface area contributed by atoms with Gasteiger partial charge in [-0.15, -0.1) is 0 Å². The second-order valence-corrected chi connectivity index (χ2v) is 4.89. The van der Waals surface area contributed by atoms with Gasteiger partial charge in [0.2, 0.25) is 0 Å². The quantitative estimate of drug-likeness (QED) is 0.862. The standard InChI is InChI=1S/C16H23N3/c1-4-15-10-16(19(5-2)18-15)12-17-11-14-8-6-13(3)7-9-14/h6-10,17H,4-5,11-12H2,1-3H3. The molecule has 0 saturated heterocycles. The first-order valence-electron chi connectivity index (χ1n) is 7.04. The minimum absolute atomic E-state index is 0.870. The maximum atomic E-state index is 4.56. The molecule has 0 unspecified atom stereocenters. The summed E-state index contributed by atoms with van der Waals surface area (Å²) in [5.74, 6) is 0. The third-order valence-corrected chi connectivity index (χ3v) is 3.33. The van der Waals surface area contributed by atoms with E-state index in [2.05, 4.69) is 66.2 Å². The first kappa shape index (κ1) is 13.8. The van der Waals surface area contributed by atoms with Gasteiger partial charge in [-0.3, -0.25) is 4.68 Å². The number of hydrogen-bond acceptors (Lipinski definition) is 2. The number of aromatic nitrogens is 2. The zero-order valence-corrected chi connectivity index (χ0v) is 12.1. The molecule has 0 aliphatic carbocycles. The first-order chi connectivity index (χ1) is 9.22. The van der Waals surface area contributed by atoms with E-state index < -0.39 is 0 Å². The van der Waals surface area contributed by atoms with E-state index in [1.54, 1.807) is 0 Å². The minimum atomic E-state index is 0.870. The highest BCUT2D eigenvalue weighted by Crippen LogP contribution is 2.07. The van der Waals surface area contributed by atoms with Crippen LogP contribution in [0.5, 0.6) is 0 Å². The average molecular weight is 257 g/mol. The Kier molecular flexibility index (Phi) is 4.74. The van der Waals surface area contributed by atoms with Crippen LogP contribution in [0.1, 0.15) is 36.4 Å². The summed E-state index contributed by atoms with van der Waals surface area (Å²) in [6.45, 7) is 9.10. The Morgan fingerprint density at radius 1 is 1.11 bits per heavy atom. The number of nitrogens with one attached hydrogen (secondary N) is 1. The molecular formula is C16H23N3. The minimum Gasteiger partial charge on any atom is -0.307 e. The lowest BCUT2D eigenvalue weighted by atomic mass is 10.1. The van der Waals surface area contributed by atoms with Crippen LogP contribution in [0.25, 0.3) is 0 Å². The van der Waals surface area contributed by atoms with Crippen LogP contribution in [0, 0.1) is 6.92 Å². The number of nitrogens with zero attached hydrogens (tertiary/aromatic N) is 2. The maximum absolute atomic E-state index is 4.56. The van der Waals surface area contributed by atoms with Gasteiger partial charge in [0, 0.05) is 19.6 Å². The van der Waals surface area contributed by atoms with Gasteiger partial charge in [-0.2, -0.15) is 5.10 Å². The molecule has 1 heterocycles. The van der Waals surface area contributed by atoms with Crippen LogP contribution in [0.2, 0.25) is 0 Å². The van der Waals surface area contributed by atoms with Gasteiger partial charge in [-0.1, -0.05) is 36.8 Å². The fraction of sp³-hybridized carbons (Fsp3) is 0.438. The summed E-state index contributed by atoms with van der Waals surface area (Å²) < 4.78 is 2.08. The lowest BCUT2D eigenvalue weighted by Crippen LogP contribution is -2.16. The highest BCUT2D eigenvalue weighted by Gasteiger charge is 2.04. The van der Waals surface area contributed by atoms with Crippen molar-refractivity contribution in [2.45, 2.75) is 46.8 Å². The number of hydrogen-bond donors (Lipinski definition) is 1. The van der Waals surface area contributed by atoms with Crippen LogP contribution in [-0.4, -0.2) is 9.78 Å². The molecule has 102 valence electrons. The Morgan fingerprint density at radius 2 is 1.84 bits per heavy atom. The molecule has 0 spiro atoms. The van der Waals surface area contributed by atoms with Gasteiger partial charge in [-0.25, -0.2) is 0 Å². The van der Waals surface area contributed by atoms with Crippen molar-refractivity contribution in [3.05, 3.63) is 52.8 Å². The van der Waals surface area contributed by atoms with Crippen LogP contribution < -0.4 is 5.32 Å². The molecule has 1 N–H and O–H groups in total. The molecule has 0 aliphatic heterocycles. The Morgan fingerprint density at radius 3 is 2.47 bits per heavy atom. The van der Waals surface area contributed by atoms with Crippen molar-refractivity contribution in [2.24, 2.45) is 0 Å². The predicted molar refractivity (Wildman–Crippen MR) is 79.0 cm³/mol. The van der Waals surface area contributed by atoms with Gasteiger partial charge in [-0.05, 0) is 31.9 Å². The van der Waals surface area contributed by atoms with Crippen molar-refractivity contribution >= 4 is 0 Å². The van der Waals surface area contributed by atoms with E-state index in [1.165, 1.54) is 22.5 Å². The van der Waals surface area contributed by atoms with Crippen molar-refractivity contribution in [1.29, 1.82) is 0 Å². The fourth-order valence-electron chi connectivity index (χ4n) is 2.14. The SMILES string of the molecule is CCc1cc(CNCc2ccc(C)cc2)n(CC)n1. The zero-order chi connectivity index (χ0) is 13.7. The number of benzene rings is 1. The summed E-state index contributed by atoms with van der Waals surface area (Å²) in [6, 6.07) is 10.9. The van der Waals surface area contributed by atoms with Gasteiger partial charge in [0.15, 0.2) is 0 Å². The molecule has 0 fully saturated rings. The average Bonchev–Trinajstić information content (AvgIpc) is 2.83. The third-order valence-electron chi connectivity index (χ3n) is 3.33. The van der Waals surface area contributed by atoms with Crippen molar-refractivity contribution in [2.75, 3.05) is 0 Å². The lowest BCUT2D eigenvalue weighted by molar-refractivity contribution is 0.577. The molecule has 0 aliphatic rings. The molecular weight excluding hydrogens is 234 g/mol. The highest BCUT2D eigenvalue weighted by molar-refractivity contribution is 5.21. The summed E-state index contributed by atoms with van der Waals surface area (Å²) in [6.07, 6.45) is 0.998. The Bertz CT molecular complexity index is 511. The molecule has 0 atom stereocenters. The molecule has 0 amide bonds. The largest absolute Gasteiger partial charge is 0.307 e. The maximum Gasteiger partial charge on any atom is 0.0625 e. The van der Waals surface area contributed by atoms with Crippen LogP contribution >= 0.6 is 0 Å². The van der Waals surface area contributed by atoms with E-state index in [9.17, 15) is 0 Å². The molecule has 0 bridgehead atoms. The van der Waals surface area contributed by atoms with Crippen molar-refractivity contribution in [3.8, 4) is 0 Å². The first-order valence-corrected chi connectivity index (χ1v) is 7.04. The molecule has 2 rings (SSSR count). The molecule has 1 aromatic carbocycles. The van der Waals surface area contributed by atoms with Crippen LogP contribution in [0.4, 0.5) is 0 Å². The summed E-state index contributed by atoms with van der Waals surface area (Å²) >= 11 is 0. The van der Waals surface area contributed by atoms with E-state index in [0.29, 0.717) is 0 Å². The smallest absolute Gasteiger partial charge is 0.0625 e. The molecule has 1 aromatic heterocycles. The van der Waals surface area contributed by atoms with Gasteiger partial charge in [0.05, 0.1) is 11.4 Å². The normalized spacial score (nSPS) is 10.9. The molecule has 3 heteroatoms. The number of aryl methyl sites for hydroxylation is 3. The van der Waals surface area contributed by atoms with Gasteiger partial charge < -0.3 is 5.32 Å². The van der Waals surface area contributed by atoms with E-state index in [4.69, 9.17) is 0 Å². The van der Waals surface area contributed by atoms with Crippen molar-refractivity contribution < 1.29 is 0 Å². The van der Waals surface area contributed by atoms with E-state index in [-0.39, 0.29) is 0 Å². The summed E-state index contributed by atoms with van der Waals surface area (Å²) in [5.41, 5.74) is 5.07. The summed E-state index contributed by atoms with van der Waals surface area (Å²) in [4.78, 5) is 0. The van der Waals surface area contributed by atoms with Gasteiger partial charge in [0.1, 0.15) is 0 Å². The van der Waals surface area contributed by atoms with Crippen molar-refractivity contribution in [1.82, 2.24) is 15.1 Å². The summed E-state index contributed by atoms with van der Waals surface area (Å²) in [7, 11) is 0.